The Morgan fingerprint density at radius 3 is 2.94 bits per heavy atom. The van der Waals surface area contributed by atoms with Gasteiger partial charge in [0.15, 0.2) is 11.6 Å². The maximum Gasteiger partial charge on any atom is 0.166 e. The van der Waals surface area contributed by atoms with Crippen molar-refractivity contribution in [1.82, 2.24) is 4.98 Å². The van der Waals surface area contributed by atoms with Gasteiger partial charge in [-0.1, -0.05) is 0 Å². The lowest BCUT2D eigenvalue weighted by atomic mass is 10.4. The van der Waals surface area contributed by atoms with Gasteiger partial charge in [-0.2, -0.15) is 0 Å². The number of pyridine rings is 1. The highest BCUT2D eigenvalue weighted by atomic mass is 79.9. The van der Waals surface area contributed by atoms with Crippen LogP contribution in [0.15, 0.2) is 16.7 Å². The number of hydrogen-bond acceptors (Lipinski definition) is 4. The highest BCUT2D eigenvalue weighted by Gasteiger charge is 2.02. The second-order valence-corrected chi connectivity index (χ2v) is 3.93. The van der Waals surface area contributed by atoms with Gasteiger partial charge in [0.2, 0.25) is 0 Å². The molecule has 6 heteroatoms. The number of halogens is 2. The summed E-state index contributed by atoms with van der Waals surface area (Å²) in [5, 5.41) is 2.84. The van der Waals surface area contributed by atoms with Gasteiger partial charge < -0.3 is 14.8 Å². The summed E-state index contributed by atoms with van der Waals surface area (Å²) in [6, 6.07) is 1.36. The summed E-state index contributed by atoms with van der Waals surface area (Å²) in [7, 11) is 1.61. The molecular weight excluding hydrogens is 279 g/mol. The van der Waals surface area contributed by atoms with E-state index in [0.717, 1.165) is 0 Å². The monoisotopic (exact) mass is 292 g/mol. The number of aromatic nitrogens is 1. The minimum absolute atomic E-state index is 0.235. The van der Waals surface area contributed by atoms with Gasteiger partial charge in [0.25, 0.3) is 0 Å². The average Bonchev–Trinajstić information content (AvgIpc) is 2.26. The predicted molar refractivity (Wildman–Crippen MR) is 63.1 cm³/mol. The fraction of sp³-hybridized carbons (Fsp3) is 0.500. The van der Waals surface area contributed by atoms with E-state index in [-0.39, 0.29) is 11.6 Å². The Kier molecular flexibility index (Phi) is 6.29. The maximum absolute atomic E-state index is 13.3. The summed E-state index contributed by atoms with van der Waals surface area (Å²) in [5.74, 6) is -0.148. The molecule has 0 aliphatic rings. The third-order valence-electron chi connectivity index (χ3n) is 1.78. The van der Waals surface area contributed by atoms with E-state index in [1.807, 2.05) is 0 Å². The molecule has 0 unspecified atom stereocenters. The third-order valence-corrected chi connectivity index (χ3v) is 2.21. The van der Waals surface area contributed by atoms with E-state index in [9.17, 15) is 4.39 Å². The van der Waals surface area contributed by atoms with E-state index < -0.39 is 0 Å². The standard InChI is InChI=1S/C10H14BrFN2O2/c1-15-4-5-16-3-2-13-10-9(12)6-8(11)7-14-10/h6-7H,2-5H2,1H3,(H,13,14). The lowest BCUT2D eigenvalue weighted by Crippen LogP contribution is -2.13. The van der Waals surface area contributed by atoms with Crippen molar-refractivity contribution in [2.45, 2.75) is 0 Å². The molecule has 0 saturated carbocycles. The van der Waals surface area contributed by atoms with E-state index in [0.29, 0.717) is 30.8 Å². The lowest BCUT2D eigenvalue weighted by molar-refractivity contribution is 0.0759. The third kappa shape index (κ3) is 4.87. The van der Waals surface area contributed by atoms with Gasteiger partial charge in [-0.3, -0.25) is 0 Å². The molecule has 1 aromatic rings. The number of methoxy groups -OCH3 is 1. The van der Waals surface area contributed by atoms with Crippen molar-refractivity contribution < 1.29 is 13.9 Å². The lowest BCUT2D eigenvalue weighted by Gasteiger charge is -2.07. The molecule has 0 fully saturated rings. The molecule has 0 aliphatic heterocycles. The molecule has 1 aromatic heterocycles. The summed E-state index contributed by atoms with van der Waals surface area (Å²) >= 11 is 3.14. The van der Waals surface area contributed by atoms with Crippen molar-refractivity contribution >= 4 is 21.7 Å². The largest absolute Gasteiger partial charge is 0.382 e. The number of ether oxygens (including phenoxy) is 2. The number of rotatable bonds is 7. The summed E-state index contributed by atoms with van der Waals surface area (Å²) in [6.07, 6.45) is 1.54. The first kappa shape index (κ1) is 13.3. The molecule has 0 atom stereocenters. The summed E-state index contributed by atoms with van der Waals surface area (Å²) < 4.78 is 23.9. The van der Waals surface area contributed by atoms with Gasteiger partial charge >= 0.3 is 0 Å². The Morgan fingerprint density at radius 1 is 1.44 bits per heavy atom. The summed E-state index contributed by atoms with van der Waals surface area (Å²) in [6.45, 7) is 2.09. The van der Waals surface area contributed by atoms with Crippen LogP contribution in [-0.2, 0) is 9.47 Å². The predicted octanol–water partition coefficient (Wildman–Crippen LogP) is 2.06. The SMILES string of the molecule is COCCOCCNc1ncc(Br)cc1F. The minimum atomic E-state index is -0.383. The van der Waals surface area contributed by atoms with Gasteiger partial charge in [-0.15, -0.1) is 0 Å². The highest BCUT2D eigenvalue weighted by Crippen LogP contribution is 2.15. The van der Waals surface area contributed by atoms with Crippen LogP contribution in [0.5, 0.6) is 0 Å². The van der Waals surface area contributed by atoms with Gasteiger partial charge in [-0.05, 0) is 22.0 Å². The highest BCUT2D eigenvalue weighted by molar-refractivity contribution is 9.10. The fourth-order valence-corrected chi connectivity index (χ4v) is 1.33. The number of nitrogens with one attached hydrogen (secondary N) is 1. The summed E-state index contributed by atoms with van der Waals surface area (Å²) in [4.78, 5) is 3.90. The zero-order chi connectivity index (χ0) is 11.8. The van der Waals surface area contributed by atoms with E-state index in [2.05, 4.69) is 26.2 Å². The molecule has 1 rings (SSSR count). The normalized spacial score (nSPS) is 10.4. The van der Waals surface area contributed by atoms with Crippen LogP contribution in [0.4, 0.5) is 10.2 Å². The molecular formula is C10H14BrFN2O2. The van der Waals surface area contributed by atoms with Crippen LogP contribution in [0.1, 0.15) is 0 Å². The van der Waals surface area contributed by atoms with Crippen molar-refractivity contribution in [3.8, 4) is 0 Å². The van der Waals surface area contributed by atoms with Crippen LogP contribution >= 0.6 is 15.9 Å². The topological polar surface area (TPSA) is 43.4 Å². The zero-order valence-corrected chi connectivity index (χ0v) is 10.6. The molecule has 0 spiro atoms. The van der Waals surface area contributed by atoms with Crippen molar-refractivity contribution in [1.29, 1.82) is 0 Å². The molecule has 0 aliphatic carbocycles. The van der Waals surface area contributed by atoms with Crippen LogP contribution in [-0.4, -0.2) is 38.5 Å². The van der Waals surface area contributed by atoms with Crippen LogP contribution in [0.3, 0.4) is 0 Å². The Morgan fingerprint density at radius 2 is 2.25 bits per heavy atom. The Labute approximate surface area is 102 Å². The second kappa shape index (κ2) is 7.54. The number of hydrogen-bond donors (Lipinski definition) is 1. The van der Waals surface area contributed by atoms with Crippen LogP contribution in [0, 0.1) is 5.82 Å². The van der Waals surface area contributed by atoms with E-state index in [1.54, 1.807) is 7.11 Å². The first-order chi connectivity index (χ1) is 7.74. The molecule has 0 amide bonds. The Bertz CT molecular complexity index is 326. The molecule has 4 nitrogen and oxygen atoms in total. The average molecular weight is 293 g/mol. The van der Waals surface area contributed by atoms with E-state index in [1.165, 1.54) is 12.3 Å². The molecule has 0 bridgehead atoms. The zero-order valence-electron chi connectivity index (χ0n) is 9.00. The quantitative estimate of drug-likeness (QED) is 0.782. The van der Waals surface area contributed by atoms with Crippen LogP contribution < -0.4 is 5.32 Å². The molecule has 16 heavy (non-hydrogen) atoms. The van der Waals surface area contributed by atoms with Crippen molar-refractivity contribution in [3.63, 3.8) is 0 Å². The Hall–Kier alpha value is -0.720. The first-order valence-corrected chi connectivity index (χ1v) is 5.65. The Balaban J connectivity index is 2.21. The van der Waals surface area contributed by atoms with Gasteiger partial charge in [0, 0.05) is 24.3 Å². The van der Waals surface area contributed by atoms with Crippen LogP contribution in [0.25, 0.3) is 0 Å². The molecule has 1 N–H and O–H groups in total. The second-order valence-electron chi connectivity index (χ2n) is 3.02. The fourth-order valence-electron chi connectivity index (χ4n) is 1.03. The van der Waals surface area contributed by atoms with Crippen molar-refractivity contribution in [2.24, 2.45) is 0 Å². The minimum Gasteiger partial charge on any atom is -0.382 e. The molecule has 1 heterocycles. The van der Waals surface area contributed by atoms with Crippen LogP contribution in [0.2, 0.25) is 0 Å². The molecule has 0 radical (unpaired) electrons. The number of anilines is 1. The summed E-state index contributed by atoms with van der Waals surface area (Å²) in [5.41, 5.74) is 0. The smallest absolute Gasteiger partial charge is 0.166 e. The van der Waals surface area contributed by atoms with E-state index >= 15 is 0 Å². The van der Waals surface area contributed by atoms with Crippen molar-refractivity contribution in [2.75, 3.05) is 38.8 Å². The maximum atomic E-state index is 13.3. The van der Waals surface area contributed by atoms with Gasteiger partial charge in [0.05, 0.1) is 19.8 Å². The first-order valence-electron chi connectivity index (χ1n) is 4.85. The van der Waals surface area contributed by atoms with Gasteiger partial charge in [0.1, 0.15) is 0 Å². The molecule has 90 valence electrons. The van der Waals surface area contributed by atoms with E-state index in [4.69, 9.17) is 9.47 Å². The molecule has 0 saturated heterocycles. The molecule has 0 aromatic carbocycles. The van der Waals surface area contributed by atoms with Gasteiger partial charge in [-0.25, -0.2) is 9.37 Å². The number of nitrogens with zero attached hydrogens (tertiary/aromatic N) is 1. The van der Waals surface area contributed by atoms with Crippen molar-refractivity contribution in [3.05, 3.63) is 22.6 Å².